The first-order valence-corrected chi connectivity index (χ1v) is 5.51. The zero-order valence-electron chi connectivity index (χ0n) is 10.1. The molecule has 2 N–H and O–H groups in total. The number of aliphatic hydroxyl groups excluding tert-OH is 1. The SMILES string of the molecule is C=CCN(CCO)Cc1cccc(OC)c1O. The van der Waals surface area contributed by atoms with Gasteiger partial charge in [0.1, 0.15) is 0 Å². The average Bonchev–Trinajstić information content (AvgIpc) is 2.32. The second kappa shape index (κ2) is 6.93. The zero-order chi connectivity index (χ0) is 12.7. The number of benzene rings is 1. The number of aliphatic hydroxyl groups is 1. The molecule has 0 unspecified atom stereocenters. The Balaban J connectivity index is 2.81. The van der Waals surface area contributed by atoms with Gasteiger partial charge in [-0.1, -0.05) is 18.2 Å². The van der Waals surface area contributed by atoms with Crippen LogP contribution in [0.2, 0.25) is 0 Å². The Hall–Kier alpha value is -1.52. The summed E-state index contributed by atoms with van der Waals surface area (Å²) in [5.74, 6) is 0.618. The van der Waals surface area contributed by atoms with Crippen LogP contribution in [0.3, 0.4) is 0 Å². The molecule has 0 amide bonds. The summed E-state index contributed by atoms with van der Waals surface area (Å²) in [6.07, 6.45) is 1.77. The summed E-state index contributed by atoms with van der Waals surface area (Å²) in [4.78, 5) is 1.99. The number of methoxy groups -OCH3 is 1. The molecule has 0 aliphatic carbocycles. The van der Waals surface area contributed by atoms with Gasteiger partial charge in [-0.05, 0) is 6.07 Å². The van der Waals surface area contributed by atoms with Gasteiger partial charge in [0, 0.05) is 25.2 Å². The Morgan fingerprint density at radius 1 is 1.47 bits per heavy atom. The van der Waals surface area contributed by atoms with E-state index in [1.54, 1.807) is 12.1 Å². The molecule has 0 saturated heterocycles. The van der Waals surface area contributed by atoms with Crippen LogP contribution in [0.4, 0.5) is 0 Å². The van der Waals surface area contributed by atoms with E-state index in [0.29, 0.717) is 25.4 Å². The number of para-hydroxylation sites is 1. The summed E-state index contributed by atoms with van der Waals surface area (Å²) in [6, 6.07) is 5.38. The number of aromatic hydroxyl groups is 1. The molecule has 0 aromatic heterocycles. The molecule has 0 bridgehead atoms. The van der Waals surface area contributed by atoms with Crippen LogP contribution in [-0.4, -0.2) is 41.9 Å². The third-order valence-corrected chi connectivity index (χ3v) is 2.50. The first kappa shape index (κ1) is 13.5. The van der Waals surface area contributed by atoms with Crippen molar-refractivity contribution in [2.75, 3.05) is 26.8 Å². The van der Waals surface area contributed by atoms with Crippen molar-refractivity contribution in [3.8, 4) is 11.5 Å². The van der Waals surface area contributed by atoms with Crippen LogP contribution in [-0.2, 0) is 6.54 Å². The minimum Gasteiger partial charge on any atom is -0.504 e. The Labute approximate surface area is 102 Å². The van der Waals surface area contributed by atoms with Gasteiger partial charge >= 0.3 is 0 Å². The lowest BCUT2D eigenvalue weighted by Crippen LogP contribution is -2.26. The van der Waals surface area contributed by atoms with Gasteiger partial charge in [-0.3, -0.25) is 4.90 Å². The average molecular weight is 237 g/mol. The van der Waals surface area contributed by atoms with Gasteiger partial charge in [-0.2, -0.15) is 0 Å². The number of hydrogen-bond donors (Lipinski definition) is 2. The van der Waals surface area contributed by atoms with E-state index in [0.717, 1.165) is 5.56 Å². The highest BCUT2D eigenvalue weighted by molar-refractivity contribution is 5.45. The molecule has 94 valence electrons. The van der Waals surface area contributed by atoms with Gasteiger partial charge in [0.05, 0.1) is 13.7 Å². The van der Waals surface area contributed by atoms with E-state index in [2.05, 4.69) is 6.58 Å². The van der Waals surface area contributed by atoms with Crippen molar-refractivity contribution in [2.24, 2.45) is 0 Å². The fourth-order valence-electron chi connectivity index (χ4n) is 1.66. The lowest BCUT2D eigenvalue weighted by molar-refractivity contribution is 0.202. The Morgan fingerprint density at radius 2 is 2.24 bits per heavy atom. The molecule has 1 rings (SSSR count). The van der Waals surface area contributed by atoms with Crippen molar-refractivity contribution in [3.05, 3.63) is 36.4 Å². The molecule has 1 aromatic carbocycles. The van der Waals surface area contributed by atoms with Gasteiger partial charge < -0.3 is 14.9 Å². The summed E-state index contributed by atoms with van der Waals surface area (Å²) in [7, 11) is 1.52. The third-order valence-electron chi connectivity index (χ3n) is 2.50. The van der Waals surface area contributed by atoms with Crippen LogP contribution < -0.4 is 4.74 Å². The van der Waals surface area contributed by atoms with Crippen LogP contribution >= 0.6 is 0 Å². The summed E-state index contributed by atoms with van der Waals surface area (Å²) in [5, 5.41) is 18.9. The Morgan fingerprint density at radius 3 is 2.82 bits per heavy atom. The first-order chi connectivity index (χ1) is 8.22. The van der Waals surface area contributed by atoms with Crippen LogP contribution in [0.1, 0.15) is 5.56 Å². The largest absolute Gasteiger partial charge is 0.504 e. The van der Waals surface area contributed by atoms with Crippen LogP contribution in [0.25, 0.3) is 0 Å². The molecule has 0 aliphatic heterocycles. The maximum absolute atomic E-state index is 9.93. The molecule has 4 heteroatoms. The van der Waals surface area contributed by atoms with Gasteiger partial charge in [0.2, 0.25) is 0 Å². The highest BCUT2D eigenvalue weighted by atomic mass is 16.5. The standard InChI is InChI=1S/C13H19NO3/c1-3-7-14(8-9-15)10-11-5-4-6-12(17-2)13(11)16/h3-6,15-16H,1,7-10H2,2H3. The van der Waals surface area contributed by atoms with Gasteiger partial charge in [-0.15, -0.1) is 6.58 Å². The molecular weight excluding hydrogens is 218 g/mol. The predicted octanol–water partition coefficient (Wildman–Crippen LogP) is 1.38. The van der Waals surface area contributed by atoms with E-state index in [-0.39, 0.29) is 12.4 Å². The summed E-state index contributed by atoms with van der Waals surface area (Å²) in [6.45, 7) is 5.51. The number of hydrogen-bond acceptors (Lipinski definition) is 4. The van der Waals surface area contributed by atoms with Gasteiger partial charge in [0.25, 0.3) is 0 Å². The van der Waals surface area contributed by atoms with Crippen molar-refractivity contribution < 1.29 is 14.9 Å². The zero-order valence-corrected chi connectivity index (χ0v) is 10.1. The Bertz CT molecular complexity index is 366. The third kappa shape index (κ3) is 3.76. The maximum Gasteiger partial charge on any atom is 0.162 e. The number of phenolic OH excluding ortho intramolecular Hbond substituents is 1. The first-order valence-electron chi connectivity index (χ1n) is 5.51. The highest BCUT2D eigenvalue weighted by Gasteiger charge is 2.10. The van der Waals surface area contributed by atoms with Crippen molar-refractivity contribution >= 4 is 0 Å². The number of phenols is 1. The van der Waals surface area contributed by atoms with Crippen molar-refractivity contribution in [2.45, 2.75) is 6.54 Å². The van der Waals surface area contributed by atoms with E-state index in [9.17, 15) is 5.11 Å². The van der Waals surface area contributed by atoms with Gasteiger partial charge in [-0.25, -0.2) is 0 Å². The normalized spacial score (nSPS) is 10.5. The van der Waals surface area contributed by atoms with Crippen molar-refractivity contribution in [1.82, 2.24) is 4.90 Å². The van der Waals surface area contributed by atoms with Crippen molar-refractivity contribution in [3.63, 3.8) is 0 Å². The smallest absolute Gasteiger partial charge is 0.162 e. The van der Waals surface area contributed by atoms with E-state index >= 15 is 0 Å². The monoisotopic (exact) mass is 237 g/mol. The van der Waals surface area contributed by atoms with E-state index in [1.165, 1.54) is 7.11 Å². The van der Waals surface area contributed by atoms with E-state index < -0.39 is 0 Å². The fraction of sp³-hybridized carbons (Fsp3) is 0.385. The fourth-order valence-corrected chi connectivity index (χ4v) is 1.66. The molecular formula is C13H19NO3. The molecule has 0 heterocycles. The Kier molecular flexibility index (Phi) is 5.52. The lowest BCUT2D eigenvalue weighted by Gasteiger charge is -2.20. The molecule has 0 saturated carbocycles. The molecule has 0 spiro atoms. The molecule has 4 nitrogen and oxygen atoms in total. The summed E-state index contributed by atoms with van der Waals surface area (Å²) < 4.78 is 5.05. The van der Waals surface area contributed by atoms with Crippen LogP contribution in [0.5, 0.6) is 11.5 Å². The van der Waals surface area contributed by atoms with E-state index in [1.807, 2.05) is 17.0 Å². The molecule has 0 aliphatic rings. The topological polar surface area (TPSA) is 52.9 Å². The molecule has 1 aromatic rings. The number of ether oxygens (including phenoxy) is 1. The second-order valence-electron chi connectivity index (χ2n) is 3.72. The second-order valence-corrected chi connectivity index (χ2v) is 3.72. The molecule has 0 fully saturated rings. The number of rotatable bonds is 7. The molecule has 0 atom stereocenters. The summed E-state index contributed by atoms with van der Waals surface area (Å²) in [5.41, 5.74) is 0.777. The number of nitrogens with zero attached hydrogens (tertiary/aromatic N) is 1. The van der Waals surface area contributed by atoms with E-state index in [4.69, 9.17) is 9.84 Å². The van der Waals surface area contributed by atoms with Gasteiger partial charge in [0.15, 0.2) is 11.5 Å². The van der Waals surface area contributed by atoms with Crippen LogP contribution in [0.15, 0.2) is 30.9 Å². The maximum atomic E-state index is 9.93. The van der Waals surface area contributed by atoms with Crippen molar-refractivity contribution in [1.29, 1.82) is 0 Å². The molecule has 0 radical (unpaired) electrons. The quantitative estimate of drug-likeness (QED) is 0.703. The lowest BCUT2D eigenvalue weighted by atomic mass is 10.1. The molecule has 17 heavy (non-hydrogen) atoms. The van der Waals surface area contributed by atoms with Crippen LogP contribution in [0, 0.1) is 0 Å². The summed E-state index contributed by atoms with van der Waals surface area (Å²) >= 11 is 0. The minimum atomic E-state index is 0.0819. The highest BCUT2D eigenvalue weighted by Crippen LogP contribution is 2.30. The minimum absolute atomic E-state index is 0.0819. The predicted molar refractivity (Wildman–Crippen MR) is 67.2 cm³/mol.